The number of carboxylic acids is 1. The topological polar surface area (TPSA) is 57.6 Å². The largest absolute Gasteiger partial charge is 0.480 e. The number of thioether (sulfide) groups is 1. The van der Waals surface area contributed by atoms with Crippen molar-refractivity contribution in [3.63, 3.8) is 0 Å². The molecule has 1 fully saturated rings. The predicted octanol–water partition coefficient (Wildman–Crippen LogP) is 3.18. The number of aliphatic carboxylic acids is 1. The molecule has 2 atom stereocenters. The number of hydrogen-bond acceptors (Lipinski definition) is 4. The van der Waals surface area contributed by atoms with Crippen LogP contribution >= 0.6 is 34.7 Å². The predicted molar refractivity (Wildman–Crippen MR) is 83.2 cm³/mol. The molecule has 1 aliphatic heterocycles. The van der Waals surface area contributed by atoms with Gasteiger partial charge in [-0.3, -0.25) is 4.79 Å². The van der Waals surface area contributed by atoms with Crippen molar-refractivity contribution in [2.24, 2.45) is 0 Å². The molecule has 2 rings (SSSR count). The van der Waals surface area contributed by atoms with Gasteiger partial charge in [0.05, 0.1) is 9.71 Å². The Morgan fingerprint density at radius 1 is 1.55 bits per heavy atom. The van der Waals surface area contributed by atoms with E-state index in [1.54, 1.807) is 12.1 Å². The summed E-state index contributed by atoms with van der Waals surface area (Å²) >= 11 is 8.71. The van der Waals surface area contributed by atoms with E-state index in [-0.39, 0.29) is 11.3 Å². The lowest BCUT2D eigenvalue weighted by Crippen LogP contribution is -2.44. The van der Waals surface area contributed by atoms with Gasteiger partial charge in [0.2, 0.25) is 5.91 Å². The van der Waals surface area contributed by atoms with E-state index in [1.165, 1.54) is 34.1 Å². The maximum atomic E-state index is 12.2. The van der Waals surface area contributed by atoms with Gasteiger partial charge in [-0.05, 0) is 24.6 Å². The molecule has 7 heteroatoms. The summed E-state index contributed by atoms with van der Waals surface area (Å²) in [6.07, 6.45) is 3.83. The summed E-state index contributed by atoms with van der Waals surface area (Å²) in [5, 5.41) is 9.12. The number of hydrogen-bond donors (Lipinski definition) is 1. The van der Waals surface area contributed by atoms with Crippen LogP contribution in [0.15, 0.2) is 18.2 Å². The van der Waals surface area contributed by atoms with Crippen molar-refractivity contribution in [1.29, 1.82) is 0 Å². The van der Waals surface area contributed by atoms with E-state index in [0.29, 0.717) is 10.1 Å². The van der Waals surface area contributed by atoms with E-state index in [1.807, 2.05) is 13.0 Å². The van der Waals surface area contributed by atoms with E-state index in [9.17, 15) is 14.7 Å². The minimum Gasteiger partial charge on any atom is -0.480 e. The van der Waals surface area contributed by atoms with Gasteiger partial charge < -0.3 is 10.0 Å². The van der Waals surface area contributed by atoms with Crippen molar-refractivity contribution >= 4 is 52.7 Å². The maximum Gasteiger partial charge on any atom is 0.327 e. The van der Waals surface area contributed by atoms with Crippen molar-refractivity contribution in [2.75, 3.05) is 5.75 Å². The van der Waals surface area contributed by atoms with Gasteiger partial charge in [-0.1, -0.05) is 18.5 Å². The van der Waals surface area contributed by atoms with Crippen LogP contribution in [0, 0.1) is 0 Å². The second-order valence-electron chi connectivity index (χ2n) is 4.27. The third-order valence-electron chi connectivity index (χ3n) is 2.97. The summed E-state index contributed by atoms with van der Waals surface area (Å²) in [4.78, 5) is 25.8. The Morgan fingerprint density at radius 2 is 2.30 bits per heavy atom. The summed E-state index contributed by atoms with van der Waals surface area (Å²) in [6, 6.07) is 2.84. The van der Waals surface area contributed by atoms with Crippen molar-refractivity contribution in [3.8, 4) is 0 Å². The fraction of sp³-hybridized carbons (Fsp3) is 0.385. The number of carboxylic acid groups (broad SMARTS) is 1. The molecule has 20 heavy (non-hydrogen) atoms. The van der Waals surface area contributed by atoms with Crippen LogP contribution in [0.1, 0.15) is 18.2 Å². The Morgan fingerprint density at radius 3 is 2.85 bits per heavy atom. The highest BCUT2D eigenvalue weighted by atomic mass is 35.5. The zero-order valence-electron chi connectivity index (χ0n) is 10.8. The number of thiophene rings is 1. The summed E-state index contributed by atoms with van der Waals surface area (Å²) < 4.78 is 0.656. The summed E-state index contributed by atoms with van der Waals surface area (Å²) in [5.41, 5.74) is 0. The van der Waals surface area contributed by atoms with Crippen LogP contribution in [-0.4, -0.2) is 39.1 Å². The van der Waals surface area contributed by atoms with Crippen LogP contribution in [0.5, 0.6) is 0 Å². The zero-order chi connectivity index (χ0) is 14.7. The first kappa shape index (κ1) is 15.4. The van der Waals surface area contributed by atoms with Crippen LogP contribution < -0.4 is 0 Å². The average molecular weight is 332 g/mol. The highest BCUT2D eigenvalue weighted by Gasteiger charge is 2.39. The van der Waals surface area contributed by atoms with E-state index in [2.05, 4.69) is 0 Å². The minimum absolute atomic E-state index is 0.0693. The molecule has 4 nitrogen and oxygen atoms in total. The second kappa shape index (κ2) is 6.65. The quantitative estimate of drug-likeness (QED) is 0.861. The molecule has 1 aliphatic rings. The van der Waals surface area contributed by atoms with Gasteiger partial charge >= 0.3 is 5.97 Å². The van der Waals surface area contributed by atoms with Gasteiger partial charge in [0, 0.05) is 16.7 Å². The zero-order valence-corrected chi connectivity index (χ0v) is 13.2. The summed E-state index contributed by atoms with van der Waals surface area (Å²) in [5.74, 6) is -0.772. The van der Waals surface area contributed by atoms with Gasteiger partial charge in [0.1, 0.15) is 6.04 Å². The van der Waals surface area contributed by atoms with Crippen molar-refractivity contribution in [1.82, 2.24) is 4.90 Å². The van der Waals surface area contributed by atoms with Crippen LogP contribution in [-0.2, 0) is 9.59 Å². The third-order valence-corrected chi connectivity index (χ3v) is 5.62. The Kier molecular flexibility index (Phi) is 5.12. The fourth-order valence-corrected chi connectivity index (χ4v) is 4.34. The SMILES string of the molecule is CCC1SCC(C(=O)O)N1C(=O)C=Cc1ccc(Cl)s1. The number of amides is 1. The lowest BCUT2D eigenvalue weighted by molar-refractivity contribution is -0.147. The Balaban J connectivity index is 2.13. The number of halogens is 1. The maximum absolute atomic E-state index is 12.2. The Bertz CT molecular complexity index is 543. The smallest absolute Gasteiger partial charge is 0.327 e. The Labute approximate surface area is 130 Å². The second-order valence-corrected chi connectivity index (χ2v) is 7.23. The monoisotopic (exact) mass is 331 g/mol. The molecule has 0 bridgehead atoms. The van der Waals surface area contributed by atoms with Gasteiger partial charge in [0.15, 0.2) is 0 Å². The summed E-state index contributed by atoms with van der Waals surface area (Å²) in [7, 11) is 0. The molecule has 2 heterocycles. The molecule has 1 aromatic rings. The highest BCUT2D eigenvalue weighted by Crippen LogP contribution is 2.31. The van der Waals surface area contributed by atoms with Crippen LogP contribution in [0.25, 0.3) is 6.08 Å². The number of carbonyl (C=O) groups excluding carboxylic acids is 1. The molecule has 1 saturated heterocycles. The van der Waals surface area contributed by atoms with E-state index < -0.39 is 12.0 Å². The van der Waals surface area contributed by atoms with Crippen LogP contribution in [0.2, 0.25) is 4.34 Å². The molecule has 1 N–H and O–H groups in total. The van der Waals surface area contributed by atoms with E-state index in [4.69, 9.17) is 11.6 Å². The molecule has 0 aromatic carbocycles. The third kappa shape index (κ3) is 3.37. The van der Waals surface area contributed by atoms with Crippen LogP contribution in [0.3, 0.4) is 0 Å². The molecule has 2 unspecified atom stereocenters. The molecule has 0 aliphatic carbocycles. The standard InChI is InChI=1S/C13H14ClNO3S2/c1-2-12-15(9(7-19-12)13(17)18)11(16)6-4-8-3-5-10(14)20-8/h3-6,9,12H,2,7H2,1H3,(H,17,18). The molecular weight excluding hydrogens is 318 g/mol. The first-order valence-electron chi connectivity index (χ1n) is 6.13. The number of carbonyl (C=O) groups is 2. The molecule has 0 spiro atoms. The Hall–Kier alpha value is -0.980. The van der Waals surface area contributed by atoms with Crippen molar-refractivity contribution in [2.45, 2.75) is 24.8 Å². The minimum atomic E-state index is -0.950. The van der Waals surface area contributed by atoms with Crippen molar-refractivity contribution < 1.29 is 14.7 Å². The normalized spacial score (nSPS) is 22.6. The molecule has 0 radical (unpaired) electrons. The van der Waals surface area contributed by atoms with Gasteiger partial charge in [0.25, 0.3) is 0 Å². The average Bonchev–Trinajstić information content (AvgIpc) is 3.01. The first-order valence-corrected chi connectivity index (χ1v) is 8.37. The van der Waals surface area contributed by atoms with Gasteiger partial charge in [-0.2, -0.15) is 0 Å². The highest BCUT2D eigenvalue weighted by molar-refractivity contribution is 8.00. The van der Waals surface area contributed by atoms with Gasteiger partial charge in [-0.15, -0.1) is 23.1 Å². The van der Waals surface area contributed by atoms with Gasteiger partial charge in [-0.25, -0.2) is 4.79 Å². The molecule has 108 valence electrons. The van der Waals surface area contributed by atoms with Crippen molar-refractivity contribution in [3.05, 3.63) is 27.4 Å². The van der Waals surface area contributed by atoms with E-state index in [0.717, 1.165) is 11.3 Å². The fourth-order valence-electron chi connectivity index (χ4n) is 2.02. The van der Waals surface area contributed by atoms with Crippen LogP contribution in [0.4, 0.5) is 0 Å². The molecular formula is C13H14ClNO3S2. The molecule has 0 saturated carbocycles. The molecule has 1 aromatic heterocycles. The summed E-state index contributed by atoms with van der Waals surface area (Å²) in [6.45, 7) is 1.95. The lowest BCUT2D eigenvalue weighted by atomic mass is 10.2. The lowest BCUT2D eigenvalue weighted by Gasteiger charge is -2.25. The number of nitrogens with zero attached hydrogens (tertiary/aromatic N) is 1. The first-order chi connectivity index (χ1) is 9.52. The molecule has 1 amide bonds. The van der Waals surface area contributed by atoms with E-state index >= 15 is 0 Å². The number of rotatable bonds is 4.